The van der Waals surface area contributed by atoms with Crippen LogP contribution in [0.5, 0.6) is 0 Å². The van der Waals surface area contributed by atoms with Gasteiger partial charge in [0.2, 0.25) is 0 Å². The van der Waals surface area contributed by atoms with Gasteiger partial charge in [0.1, 0.15) is 0 Å². The lowest BCUT2D eigenvalue weighted by Crippen LogP contribution is -2.41. The molecule has 2 nitrogen and oxygen atoms in total. The molecule has 0 amide bonds. The Hall–Kier alpha value is -0.0800. The number of hydrogen-bond donors (Lipinski definition) is 2. The monoisotopic (exact) mass is 171 g/mol. The Balaban J connectivity index is 2.22. The number of rotatable bonds is 3. The minimum Gasteiger partial charge on any atom is -0.395 e. The SMILES string of the molecule is C[C@@H]1CCC[C@H](N[C@@H](C)CO)C1. The lowest BCUT2D eigenvalue weighted by atomic mass is 9.87. The van der Waals surface area contributed by atoms with E-state index in [4.69, 9.17) is 5.11 Å². The average molecular weight is 171 g/mol. The van der Waals surface area contributed by atoms with Gasteiger partial charge < -0.3 is 10.4 Å². The van der Waals surface area contributed by atoms with Crippen LogP contribution < -0.4 is 5.32 Å². The quantitative estimate of drug-likeness (QED) is 0.675. The maximum atomic E-state index is 8.87. The predicted molar refractivity (Wildman–Crippen MR) is 51.1 cm³/mol. The van der Waals surface area contributed by atoms with E-state index in [-0.39, 0.29) is 12.6 Å². The second kappa shape index (κ2) is 4.83. The highest BCUT2D eigenvalue weighted by atomic mass is 16.3. The van der Waals surface area contributed by atoms with Gasteiger partial charge in [0.15, 0.2) is 0 Å². The molecule has 1 aliphatic rings. The summed E-state index contributed by atoms with van der Waals surface area (Å²) in [4.78, 5) is 0. The molecule has 0 unspecified atom stereocenters. The summed E-state index contributed by atoms with van der Waals surface area (Å²) in [5.41, 5.74) is 0. The minimum absolute atomic E-state index is 0.255. The molecule has 2 heteroatoms. The maximum absolute atomic E-state index is 8.87. The zero-order chi connectivity index (χ0) is 8.97. The second-order valence-electron chi connectivity index (χ2n) is 4.22. The summed E-state index contributed by atoms with van der Waals surface area (Å²) in [5, 5.41) is 12.3. The summed E-state index contributed by atoms with van der Waals surface area (Å²) < 4.78 is 0. The molecular weight excluding hydrogens is 150 g/mol. The molecule has 72 valence electrons. The fourth-order valence-corrected chi connectivity index (χ4v) is 2.04. The van der Waals surface area contributed by atoms with Crippen LogP contribution in [-0.4, -0.2) is 23.8 Å². The number of hydrogen-bond acceptors (Lipinski definition) is 2. The van der Waals surface area contributed by atoms with Crippen LogP contribution in [0.25, 0.3) is 0 Å². The van der Waals surface area contributed by atoms with Crippen molar-refractivity contribution < 1.29 is 5.11 Å². The molecule has 0 spiro atoms. The molecule has 2 N–H and O–H groups in total. The fourth-order valence-electron chi connectivity index (χ4n) is 2.04. The molecule has 1 aliphatic carbocycles. The van der Waals surface area contributed by atoms with Gasteiger partial charge in [-0.15, -0.1) is 0 Å². The van der Waals surface area contributed by atoms with E-state index in [9.17, 15) is 0 Å². The van der Waals surface area contributed by atoms with Gasteiger partial charge in [-0.3, -0.25) is 0 Å². The van der Waals surface area contributed by atoms with Crippen molar-refractivity contribution in [1.82, 2.24) is 5.32 Å². The molecule has 0 aliphatic heterocycles. The smallest absolute Gasteiger partial charge is 0.0582 e. The van der Waals surface area contributed by atoms with Gasteiger partial charge in [-0.2, -0.15) is 0 Å². The predicted octanol–water partition coefficient (Wildman–Crippen LogP) is 1.54. The van der Waals surface area contributed by atoms with Gasteiger partial charge in [0.05, 0.1) is 6.61 Å². The molecule has 0 aromatic heterocycles. The van der Waals surface area contributed by atoms with Crippen LogP contribution in [-0.2, 0) is 0 Å². The average Bonchev–Trinajstić information content (AvgIpc) is 2.04. The van der Waals surface area contributed by atoms with Crippen LogP contribution in [0.2, 0.25) is 0 Å². The summed E-state index contributed by atoms with van der Waals surface area (Å²) >= 11 is 0. The van der Waals surface area contributed by atoms with Crippen LogP contribution in [0.4, 0.5) is 0 Å². The Morgan fingerprint density at radius 3 is 2.83 bits per heavy atom. The first kappa shape index (κ1) is 10.0. The molecule has 0 aromatic carbocycles. The summed E-state index contributed by atoms with van der Waals surface area (Å²) in [6.07, 6.45) is 5.29. The largest absolute Gasteiger partial charge is 0.395 e. The van der Waals surface area contributed by atoms with Gasteiger partial charge in [-0.05, 0) is 25.7 Å². The van der Waals surface area contributed by atoms with E-state index in [1.54, 1.807) is 0 Å². The van der Waals surface area contributed by atoms with E-state index in [1.807, 2.05) is 6.92 Å². The first-order valence-electron chi connectivity index (χ1n) is 5.09. The third kappa shape index (κ3) is 3.11. The van der Waals surface area contributed by atoms with Crippen LogP contribution >= 0.6 is 0 Å². The number of aliphatic hydroxyl groups is 1. The van der Waals surface area contributed by atoms with E-state index in [0.29, 0.717) is 6.04 Å². The lowest BCUT2D eigenvalue weighted by Gasteiger charge is -2.29. The van der Waals surface area contributed by atoms with E-state index < -0.39 is 0 Å². The summed E-state index contributed by atoms with van der Waals surface area (Å²) in [6, 6.07) is 0.913. The first-order valence-corrected chi connectivity index (χ1v) is 5.09. The second-order valence-corrected chi connectivity index (χ2v) is 4.22. The third-order valence-corrected chi connectivity index (χ3v) is 2.73. The zero-order valence-corrected chi connectivity index (χ0v) is 8.21. The zero-order valence-electron chi connectivity index (χ0n) is 8.21. The fraction of sp³-hybridized carbons (Fsp3) is 1.00. The third-order valence-electron chi connectivity index (χ3n) is 2.73. The van der Waals surface area contributed by atoms with Crippen molar-refractivity contribution in [2.75, 3.05) is 6.61 Å². The first-order chi connectivity index (χ1) is 5.72. The molecule has 0 saturated heterocycles. The summed E-state index contributed by atoms with van der Waals surface area (Å²) in [6.45, 7) is 4.61. The minimum atomic E-state index is 0.255. The van der Waals surface area contributed by atoms with Crippen LogP contribution in [0.3, 0.4) is 0 Å². The molecule has 0 aromatic rings. The van der Waals surface area contributed by atoms with Crippen LogP contribution in [0.15, 0.2) is 0 Å². The van der Waals surface area contributed by atoms with Gasteiger partial charge in [-0.1, -0.05) is 19.8 Å². The van der Waals surface area contributed by atoms with E-state index in [0.717, 1.165) is 5.92 Å². The summed E-state index contributed by atoms with van der Waals surface area (Å²) in [7, 11) is 0. The van der Waals surface area contributed by atoms with E-state index in [1.165, 1.54) is 25.7 Å². The van der Waals surface area contributed by atoms with Gasteiger partial charge in [0.25, 0.3) is 0 Å². The lowest BCUT2D eigenvalue weighted by molar-refractivity contribution is 0.215. The molecule has 3 atom stereocenters. The Morgan fingerprint density at radius 2 is 2.25 bits per heavy atom. The maximum Gasteiger partial charge on any atom is 0.0582 e. The number of nitrogens with one attached hydrogen (secondary N) is 1. The Bertz CT molecular complexity index is 127. The van der Waals surface area contributed by atoms with Crippen molar-refractivity contribution in [2.45, 2.75) is 51.6 Å². The highest BCUT2D eigenvalue weighted by molar-refractivity contribution is 4.77. The van der Waals surface area contributed by atoms with Crippen molar-refractivity contribution in [3.63, 3.8) is 0 Å². The molecule has 1 rings (SSSR count). The highest BCUT2D eigenvalue weighted by Gasteiger charge is 2.19. The Labute approximate surface area is 75.4 Å². The Morgan fingerprint density at radius 1 is 1.50 bits per heavy atom. The molecule has 12 heavy (non-hydrogen) atoms. The summed E-state index contributed by atoms with van der Waals surface area (Å²) in [5.74, 6) is 0.863. The van der Waals surface area contributed by atoms with Crippen molar-refractivity contribution >= 4 is 0 Å². The van der Waals surface area contributed by atoms with Crippen LogP contribution in [0.1, 0.15) is 39.5 Å². The topological polar surface area (TPSA) is 32.3 Å². The van der Waals surface area contributed by atoms with Crippen molar-refractivity contribution in [1.29, 1.82) is 0 Å². The van der Waals surface area contributed by atoms with Crippen molar-refractivity contribution in [3.05, 3.63) is 0 Å². The highest BCUT2D eigenvalue weighted by Crippen LogP contribution is 2.23. The van der Waals surface area contributed by atoms with Crippen molar-refractivity contribution in [3.8, 4) is 0 Å². The number of aliphatic hydroxyl groups excluding tert-OH is 1. The molecule has 1 fully saturated rings. The van der Waals surface area contributed by atoms with Crippen molar-refractivity contribution in [2.24, 2.45) is 5.92 Å². The van der Waals surface area contributed by atoms with Gasteiger partial charge >= 0.3 is 0 Å². The molecule has 0 radical (unpaired) electrons. The van der Waals surface area contributed by atoms with E-state index in [2.05, 4.69) is 12.2 Å². The molecule has 0 bridgehead atoms. The van der Waals surface area contributed by atoms with E-state index >= 15 is 0 Å². The molecule has 1 saturated carbocycles. The normalized spacial score (nSPS) is 33.2. The molecular formula is C10H21NO. The Kier molecular flexibility index (Phi) is 4.02. The van der Waals surface area contributed by atoms with Crippen LogP contribution in [0, 0.1) is 5.92 Å². The van der Waals surface area contributed by atoms with Gasteiger partial charge in [0, 0.05) is 12.1 Å². The van der Waals surface area contributed by atoms with Gasteiger partial charge in [-0.25, -0.2) is 0 Å². The standard InChI is InChI=1S/C10H21NO/c1-8-4-3-5-10(6-8)11-9(2)7-12/h8-12H,3-7H2,1-2H3/t8-,9+,10+/m1/s1. The molecule has 0 heterocycles.